The first-order chi connectivity index (χ1) is 10.9. The number of imidazole rings is 1. The summed E-state index contributed by atoms with van der Waals surface area (Å²) in [6, 6.07) is 15.7. The molecule has 0 aliphatic rings. The number of pyridine rings is 1. The molecule has 0 radical (unpaired) electrons. The van der Waals surface area contributed by atoms with Crippen LogP contribution < -0.4 is 0 Å². The van der Waals surface area contributed by atoms with Crippen LogP contribution in [0.2, 0.25) is 0 Å². The fraction of sp³-hybridized carbons (Fsp3) is 0.0625. The Labute approximate surface area is 131 Å². The van der Waals surface area contributed by atoms with Crippen molar-refractivity contribution < 1.29 is 4.52 Å². The fourth-order valence-corrected chi connectivity index (χ4v) is 3.20. The molecule has 22 heavy (non-hydrogen) atoms. The second-order valence-electron chi connectivity index (χ2n) is 4.69. The minimum atomic E-state index is 0.734. The summed E-state index contributed by atoms with van der Waals surface area (Å²) < 4.78 is 6.99. The van der Waals surface area contributed by atoms with Crippen molar-refractivity contribution in [2.24, 2.45) is 0 Å². The number of aromatic nitrogens is 4. The SMILES string of the molecule is c1ccc(CSc2nc3ccccc3n2-c2ccon2)nc1. The number of nitrogens with zero attached hydrogens (tertiary/aromatic N) is 4. The molecular formula is C16H12N4OS. The lowest BCUT2D eigenvalue weighted by molar-refractivity contribution is 0.416. The monoisotopic (exact) mass is 308 g/mol. The van der Waals surface area contributed by atoms with Gasteiger partial charge in [-0.2, -0.15) is 0 Å². The molecular weight excluding hydrogens is 296 g/mol. The van der Waals surface area contributed by atoms with Gasteiger partial charge in [-0.05, 0) is 24.3 Å². The van der Waals surface area contributed by atoms with Crippen molar-refractivity contribution >= 4 is 22.8 Å². The number of para-hydroxylation sites is 2. The first-order valence-electron chi connectivity index (χ1n) is 6.83. The lowest BCUT2D eigenvalue weighted by atomic mass is 10.3. The van der Waals surface area contributed by atoms with Gasteiger partial charge in [0.15, 0.2) is 11.0 Å². The summed E-state index contributed by atoms with van der Waals surface area (Å²) in [6.07, 6.45) is 3.37. The van der Waals surface area contributed by atoms with Crippen LogP contribution in [-0.2, 0) is 5.75 Å². The Balaban J connectivity index is 1.75. The molecule has 0 unspecified atom stereocenters. The van der Waals surface area contributed by atoms with Crippen LogP contribution in [0.25, 0.3) is 16.9 Å². The van der Waals surface area contributed by atoms with Gasteiger partial charge in [-0.15, -0.1) is 0 Å². The van der Waals surface area contributed by atoms with E-state index in [1.165, 1.54) is 0 Å². The number of hydrogen-bond acceptors (Lipinski definition) is 5. The van der Waals surface area contributed by atoms with Crippen LogP contribution in [0.1, 0.15) is 5.69 Å². The average molecular weight is 308 g/mol. The molecule has 0 saturated heterocycles. The van der Waals surface area contributed by atoms with Gasteiger partial charge in [0.25, 0.3) is 0 Å². The van der Waals surface area contributed by atoms with Crippen molar-refractivity contribution in [2.45, 2.75) is 10.9 Å². The Morgan fingerprint density at radius 2 is 1.95 bits per heavy atom. The summed E-state index contributed by atoms with van der Waals surface area (Å²) in [6.45, 7) is 0. The topological polar surface area (TPSA) is 56.7 Å². The number of rotatable bonds is 4. The largest absolute Gasteiger partial charge is 0.363 e. The van der Waals surface area contributed by atoms with E-state index >= 15 is 0 Å². The third-order valence-corrected chi connectivity index (χ3v) is 4.23. The van der Waals surface area contributed by atoms with Gasteiger partial charge in [-0.25, -0.2) is 4.98 Å². The first kappa shape index (κ1) is 13.1. The summed E-state index contributed by atoms with van der Waals surface area (Å²) >= 11 is 1.63. The van der Waals surface area contributed by atoms with E-state index in [9.17, 15) is 0 Å². The molecule has 0 aliphatic carbocycles. The van der Waals surface area contributed by atoms with Crippen LogP contribution in [0.15, 0.2) is 70.7 Å². The summed E-state index contributed by atoms with van der Waals surface area (Å²) in [7, 11) is 0. The second kappa shape index (κ2) is 5.65. The molecule has 1 aromatic carbocycles. The number of benzene rings is 1. The quantitative estimate of drug-likeness (QED) is 0.538. The molecule has 4 rings (SSSR count). The van der Waals surface area contributed by atoms with Gasteiger partial charge >= 0.3 is 0 Å². The highest BCUT2D eigenvalue weighted by molar-refractivity contribution is 7.98. The summed E-state index contributed by atoms with van der Waals surface area (Å²) in [5, 5.41) is 4.92. The summed E-state index contributed by atoms with van der Waals surface area (Å²) in [5.41, 5.74) is 2.97. The maximum atomic E-state index is 4.98. The molecule has 0 fully saturated rings. The second-order valence-corrected chi connectivity index (χ2v) is 5.63. The van der Waals surface area contributed by atoms with Crippen molar-refractivity contribution in [2.75, 3.05) is 0 Å². The van der Waals surface area contributed by atoms with Crippen LogP contribution in [0.5, 0.6) is 0 Å². The summed E-state index contributed by atoms with van der Waals surface area (Å²) in [4.78, 5) is 9.05. The van der Waals surface area contributed by atoms with Crippen molar-refractivity contribution in [1.82, 2.24) is 19.7 Å². The zero-order valence-corrected chi connectivity index (χ0v) is 12.4. The molecule has 0 saturated carbocycles. The lowest BCUT2D eigenvalue weighted by Gasteiger charge is -2.04. The Morgan fingerprint density at radius 1 is 1.05 bits per heavy atom. The Morgan fingerprint density at radius 3 is 2.77 bits per heavy atom. The van der Waals surface area contributed by atoms with E-state index in [4.69, 9.17) is 9.51 Å². The molecule has 4 aromatic rings. The smallest absolute Gasteiger partial charge is 0.182 e. The van der Waals surface area contributed by atoms with E-state index < -0.39 is 0 Å². The van der Waals surface area contributed by atoms with Gasteiger partial charge < -0.3 is 4.52 Å². The number of fused-ring (bicyclic) bond motifs is 1. The van der Waals surface area contributed by atoms with Crippen LogP contribution >= 0.6 is 11.8 Å². The van der Waals surface area contributed by atoms with Crippen LogP contribution in [0.3, 0.4) is 0 Å². The fourth-order valence-electron chi connectivity index (χ4n) is 2.27. The highest BCUT2D eigenvalue weighted by Crippen LogP contribution is 2.28. The Bertz CT molecular complexity index is 887. The van der Waals surface area contributed by atoms with Gasteiger partial charge in [-0.1, -0.05) is 35.1 Å². The minimum Gasteiger partial charge on any atom is -0.363 e. The van der Waals surface area contributed by atoms with Crippen molar-refractivity contribution in [1.29, 1.82) is 0 Å². The molecule has 0 spiro atoms. The molecule has 5 nitrogen and oxygen atoms in total. The maximum Gasteiger partial charge on any atom is 0.182 e. The maximum absolute atomic E-state index is 4.98. The van der Waals surface area contributed by atoms with E-state index in [2.05, 4.69) is 10.1 Å². The van der Waals surface area contributed by atoms with E-state index in [0.29, 0.717) is 0 Å². The normalized spacial score (nSPS) is 11.1. The highest BCUT2D eigenvalue weighted by Gasteiger charge is 2.14. The van der Waals surface area contributed by atoms with Crippen LogP contribution in [0.4, 0.5) is 0 Å². The van der Waals surface area contributed by atoms with E-state index in [1.807, 2.05) is 53.1 Å². The van der Waals surface area contributed by atoms with Crippen molar-refractivity contribution in [3.63, 3.8) is 0 Å². The zero-order valence-electron chi connectivity index (χ0n) is 11.6. The molecule has 0 bridgehead atoms. The Kier molecular flexibility index (Phi) is 3.36. The van der Waals surface area contributed by atoms with Gasteiger partial charge in [-0.3, -0.25) is 9.55 Å². The third-order valence-electron chi connectivity index (χ3n) is 3.26. The third kappa shape index (κ3) is 2.37. The molecule has 0 N–H and O–H groups in total. The van der Waals surface area contributed by atoms with Gasteiger partial charge in [0.05, 0.1) is 16.7 Å². The molecule has 0 aliphatic heterocycles. The van der Waals surface area contributed by atoms with E-state index in [0.717, 1.165) is 33.5 Å². The number of hydrogen-bond donors (Lipinski definition) is 0. The van der Waals surface area contributed by atoms with Crippen LogP contribution in [0, 0.1) is 0 Å². The highest BCUT2D eigenvalue weighted by atomic mass is 32.2. The van der Waals surface area contributed by atoms with Gasteiger partial charge in [0, 0.05) is 18.0 Å². The van der Waals surface area contributed by atoms with Gasteiger partial charge in [0.1, 0.15) is 6.26 Å². The van der Waals surface area contributed by atoms with Crippen molar-refractivity contribution in [3.8, 4) is 5.82 Å². The molecule has 108 valence electrons. The molecule has 3 heterocycles. The standard InChI is InChI=1S/C16H12N4OS/c1-2-7-14-13(6-1)18-16(20(14)15-8-10-21-19-15)22-11-12-5-3-4-9-17-12/h1-10H,11H2. The van der Waals surface area contributed by atoms with E-state index in [-0.39, 0.29) is 0 Å². The zero-order chi connectivity index (χ0) is 14.8. The molecule has 3 aromatic heterocycles. The molecule has 0 atom stereocenters. The van der Waals surface area contributed by atoms with Gasteiger partial charge in [0.2, 0.25) is 0 Å². The number of thioether (sulfide) groups is 1. The molecule has 6 heteroatoms. The lowest BCUT2D eigenvalue weighted by Crippen LogP contribution is -1.97. The summed E-state index contributed by atoms with van der Waals surface area (Å²) in [5.74, 6) is 1.49. The Hall–Kier alpha value is -2.60. The molecule has 0 amide bonds. The minimum absolute atomic E-state index is 0.734. The van der Waals surface area contributed by atoms with E-state index in [1.54, 1.807) is 24.2 Å². The first-order valence-corrected chi connectivity index (χ1v) is 7.81. The van der Waals surface area contributed by atoms with Crippen molar-refractivity contribution in [3.05, 3.63) is 66.7 Å². The predicted octanol–water partition coefficient (Wildman–Crippen LogP) is 3.70. The van der Waals surface area contributed by atoms with Crippen LogP contribution in [-0.4, -0.2) is 19.7 Å². The average Bonchev–Trinajstić information content (AvgIpc) is 3.20. The predicted molar refractivity (Wildman–Crippen MR) is 84.9 cm³/mol.